The van der Waals surface area contributed by atoms with Gasteiger partial charge in [-0.1, -0.05) is 50.3 Å². The first kappa shape index (κ1) is 20.6. The van der Waals surface area contributed by atoms with E-state index in [1.807, 2.05) is 36.4 Å². The van der Waals surface area contributed by atoms with Crippen LogP contribution in [0.1, 0.15) is 59.4 Å². The molecule has 2 bridgehead atoms. The minimum Gasteiger partial charge on any atom is -0.456 e. The summed E-state index contributed by atoms with van der Waals surface area (Å²) in [6.07, 6.45) is 4.50. The number of carbonyl (C=O) groups excluding carboxylic acids is 1. The third kappa shape index (κ3) is 3.07. The highest BCUT2D eigenvalue weighted by molar-refractivity contribution is 5.84. The van der Waals surface area contributed by atoms with E-state index in [9.17, 15) is 4.79 Å². The molecule has 1 aromatic carbocycles. The van der Waals surface area contributed by atoms with Gasteiger partial charge in [-0.05, 0) is 56.9 Å². The number of ether oxygens (including phenoxy) is 3. The summed E-state index contributed by atoms with van der Waals surface area (Å²) >= 11 is 0. The van der Waals surface area contributed by atoms with E-state index in [1.54, 1.807) is 0 Å². The van der Waals surface area contributed by atoms with Crippen LogP contribution in [0.4, 0.5) is 0 Å². The van der Waals surface area contributed by atoms with Crippen molar-refractivity contribution in [2.45, 2.75) is 77.3 Å². The van der Waals surface area contributed by atoms with Gasteiger partial charge in [0.1, 0.15) is 6.10 Å². The van der Waals surface area contributed by atoms with E-state index in [4.69, 9.17) is 14.2 Å². The molecule has 0 radical (unpaired) electrons. The van der Waals surface area contributed by atoms with Gasteiger partial charge >= 0.3 is 5.97 Å². The zero-order chi connectivity index (χ0) is 21.1. The molecule has 1 unspecified atom stereocenters. The standard InChI is InChI=1S/C25H34O4/c1-7-14-24-15-13-18(23(24,5)6)19(29-22(2,3)4)20(24)28-21(26)25(16-27-25)17-11-9-8-10-12-17/h7-12,18-20H,1,13-16H2,2-6H3/t18-,19-,20-,24+,25?/m1/s1. The molecule has 0 N–H and O–H groups in total. The van der Waals surface area contributed by atoms with E-state index in [0.29, 0.717) is 12.5 Å². The normalized spacial score (nSPS) is 37.3. The summed E-state index contributed by atoms with van der Waals surface area (Å²) in [7, 11) is 0. The van der Waals surface area contributed by atoms with Gasteiger partial charge in [-0.2, -0.15) is 0 Å². The third-order valence-corrected chi connectivity index (χ3v) is 7.59. The van der Waals surface area contributed by atoms with Crippen LogP contribution >= 0.6 is 0 Å². The number of hydrogen-bond donors (Lipinski definition) is 0. The van der Waals surface area contributed by atoms with Crippen LogP contribution in [0.5, 0.6) is 0 Å². The molecule has 158 valence electrons. The Kier molecular flexibility index (Phi) is 4.75. The fraction of sp³-hybridized carbons (Fsp3) is 0.640. The first-order valence-corrected chi connectivity index (χ1v) is 10.8. The lowest BCUT2D eigenvalue weighted by atomic mass is 9.66. The van der Waals surface area contributed by atoms with Crippen LogP contribution in [0.2, 0.25) is 0 Å². The number of fused-ring (bicyclic) bond motifs is 2. The fourth-order valence-corrected chi connectivity index (χ4v) is 5.94. The number of benzene rings is 1. The molecule has 1 heterocycles. The highest BCUT2D eigenvalue weighted by atomic mass is 16.7. The van der Waals surface area contributed by atoms with Crippen molar-refractivity contribution in [2.24, 2.45) is 16.7 Å². The van der Waals surface area contributed by atoms with Crippen LogP contribution in [-0.2, 0) is 24.6 Å². The number of epoxide rings is 1. The average Bonchev–Trinajstić information content (AvgIpc) is 3.39. The first-order chi connectivity index (χ1) is 13.6. The summed E-state index contributed by atoms with van der Waals surface area (Å²) in [5.74, 6) is 0.0651. The van der Waals surface area contributed by atoms with Gasteiger partial charge in [-0.15, -0.1) is 6.58 Å². The van der Waals surface area contributed by atoms with Crippen molar-refractivity contribution in [3.63, 3.8) is 0 Å². The van der Waals surface area contributed by atoms with Crippen molar-refractivity contribution in [3.8, 4) is 0 Å². The summed E-state index contributed by atoms with van der Waals surface area (Å²) in [6, 6.07) is 9.66. The van der Waals surface area contributed by atoms with Crippen molar-refractivity contribution in [1.82, 2.24) is 0 Å². The summed E-state index contributed by atoms with van der Waals surface area (Å²) < 4.78 is 18.6. The van der Waals surface area contributed by atoms with Crippen molar-refractivity contribution < 1.29 is 19.0 Å². The molecule has 1 aromatic rings. The topological polar surface area (TPSA) is 48.1 Å². The predicted octanol–water partition coefficient (Wildman–Crippen LogP) is 5.02. The van der Waals surface area contributed by atoms with Gasteiger partial charge in [-0.25, -0.2) is 4.79 Å². The molecule has 4 nitrogen and oxygen atoms in total. The van der Waals surface area contributed by atoms with Gasteiger partial charge in [0.05, 0.1) is 18.3 Å². The second kappa shape index (κ2) is 6.68. The van der Waals surface area contributed by atoms with Gasteiger partial charge in [-0.3, -0.25) is 0 Å². The van der Waals surface area contributed by atoms with E-state index in [1.165, 1.54) is 0 Å². The molecular formula is C25H34O4. The zero-order valence-corrected chi connectivity index (χ0v) is 18.4. The van der Waals surface area contributed by atoms with E-state index in [-0.39, 0.29) is 34.6 Å². The number of esters is 1. The van der Waals surface area contributed by atoms with Crippen LogP contribution in [0.15, 0.2) is 43.0 Å². The molecular weight excluding hydrogens is 364 g/mol. The van der Waals surface area contributed by atoms with E-state index in [0.717, 1.165) is 24.8 Å². The molecule has 0 amide bonds. The Labute approximate surface area is 174 Å². The highest BCUT2D eigenvalue weighted by Crippen LogP contribution is 2.69. The molecule has 3 fully saturated rings. The summed E-state index contributed by atoms with van der Waals surface area (Å²) in [4.78, 5) is 13.4. The molecule has 0 spiro atoms. The van der Waals surface area contributed by atoms with Crippen molar-refractivity contribution in [2.75, 3.05) is 6.61 Å². The van der Waals surface area contributed by atoms with Crippen LogP contribution in [0.25, 0.3) is 0 Å². The molecule has 0 aromatic heterocycles. The third-order valence-electron chi connectivity index (χ3n) is 7.59. The Hall–Kier alpha value is -1.65. The predicted molar refractivity (Wildman–Crippen MR) is 112 cm³/mol. The zero-order valence-electron chi connectivity index (χ0n) is 18.4. The van der Waals surface area contributed by atoms with Gasteiger partial charge < -0.3 is 14.2 Å². The van der Waals surface area contributed by atoms with Crippen LogP contribution < -0.4 is 0 Å². The lowest BCUT2D eigenvalue weighted by molar-refractivity contribution is -0.188. The lowest BCUT2D eigenvalue weighted by Crippen LogP contribution is -2.49. The Morgan fingerprint density at radius 1 is 1.28 bits per heavy atom. The number of rotatable bonds is 6. The lowest BCUT2D eigenvalue weighted by Gasteiger charge is -2.43. The van der Waals surface area contributed by atoms with Crippen molar-refractivity contribution in [3.05, 3.63) is 48.6 Å². The second-order valence-electron chi connectivity index (χ2n) is 10.5. The first-order valence-electron chi connectivity index (χ1n) is 10.8. The SMILES string of the molecule is C=CC[C@]12CC[C@H]([C@@H](OC(C)(C)C)[C@H]1OC(=O)C1(c3ccccc3)CO1)C2(C)C. The fourth-order valence-electron chi connectivity index (χ4n) is 5.94. The van der Waals surface area contributed by atoms with Gasteiger partial charge in [0.25, 0.3) is 0 Å². The van der Waals surface area contributed by atoms with Gasteiger partial charge in [0.2, 0.25) is 5.60 Å². The minimum atomic E-state index is -0.963. The van der Waals surface area contributed by atoms with E-state index >= 15 is 0 Å². The Balaban J connectivity index is 1.67. The maximum absolute atomic E-state index is 13.4. The maximum atomic E-state index is 13.4. The largest absolute Gasteiger partial charge is 0.456 e. The smallest absolute Gasteiger partial charge is 0.345 e. The molecule has 3 aliphatic rings. The average molecular weight is 399 g/mol. The molecule has 5 atom stereocenters. The number of hydrogen-bond acceptors (Lipinski definition) is 4. The maximum Gasteiger partial charge on any atom is 0.345 e. The van der Waals surface area contributed by atoms with Crippen molar-refractivity contribution >= 4 is 5.97 Å². The molecule has 29 heavy (non-hydrogen) atoms. The molecule has 4 heteroatoms. The van der Waals surface area contributed by atoms with Crippen LogP contribution in [0.3, 0.4) is 0 Å². The van der Waals surface area contributed by atoms with Crippen LogP contribution in [0, 0.1) is 16.7 Å². The molecule has 2 aliphatic carbocycles. The number of allylic oxidation sites excluding steroid dienone is 1. The minimum absolute atomic E-state index is 0.00632. The van der Waals surface area contributed by atoms with Gasteiger partial charge in [0, 0.05) is 5.41 Å². The Bertz CT molecular complexity index is 787. The van der Waals surface area contributed by atoms with E-state index in [2.05, 4.69) is 41.2 Å². The summed E-state index contributed by atoms with van der Waals surface area (Å²) in [5, 5.41) is 0. The molecule has 4 rings (SSSR count). The van der Waals surface area contributed by atoms with Gasteiger partial charge in [0.15, 0.2) is 0 Å². The monoisotopic (exact) mass is 398 g/mol. The second-order valence-corrected chi connectivity index (χ2v) is 10.5. The Morgan fingerprint density at radius 2 is 1.93 bits per heavy atom. The van der Waals surface area contributed by atoms with E-state index < -0.39 is 5.60 Å². The van der Waals surface area contributed by atoms with Crippen LogP contribution in [-0.4, -0.2) is 30.4 Å². The summed E-state index contributed by atoms with van der Waals surface area (Å²) in [6.45, 7) is 15.2. The summed E-state index contributed by atoms with van der Waals surface area (Å²) in [5.41, 5.74) is -0.559. The molecule has 1 saturated heterocycles. The Morgan fingerprint density at radius 3 is 2.48 bits per heavy atom. The quantitative estimate of drug-likeness (QED) is 0.383. The number of carbonyl (C=O) groups is 1. The molecule has 1 aliphatic heterocycles. The highest BCUT2D eigenvalue weighted by Gasteiger charge is 2.71. The van der Waals surface area contributed by atoms with Crippen molar-refractivity contribution in [1.29, 1.82) is 0 Å². The molecule has 2 saturated carbocycles.